The van der Waals surface area contributed by atoms with E-state index < -0.39 is 28.6 Å². The number of aromatic nitrogens is 7. The molecule has 5 heterocycles. The average molecular weight is 536 g/mol. The summed E-state index contributed by atoms with van der Waals surface area (Å²) in [5, 5.41) is 19.5. The first kappa shape index (κ1) is 24.8. The predicted octanol–water partition coefficient (Wildman–Crippen LogP) is 2.92. The number of aryl methyl sites for hydroxylation is 1. The lowest BCUT2D eigenvalue weighted by molar-refractivity contribution is 0.0924. The molecule has 1 atom stereocenters. The van der Waals surface area contributed by atoms with Crippen molar-refractivity contribution in [2.75, 3.05) is 36.0 Å². The third-order valence-electron chi connectivity index (χ3n) is 6.98. The van der Waals surface area contributed by atoms with Gasteiger partial charge in [-0.3, -0.25) is 4.68 Å². The van der Waals surface area contributed by atoms with Crippen LogP contribution < -0.4 is 9.80 Å². The number of anilines is 2. The summed E-state index contributed by atoms with van der Waals surface area (Å²) < 4.78 is 45.5. The molecule has 0 bridgehead atoms. The highest BCUT2D eigenvalue weighted by molar-refractivity contribution is 5.77. The van der Waals surface area contributed by atoms with Gasteiger partial charge in [0.05, 0.1) is 11.8 Å². The molecule has 1 aromatic carbocycles. The van der Waals surface area contributed by atoms with E-state index in [-0.39, 0.29) is 5.56 Å². The maximum atomic E-state index is 14.3. The second-order valence-electron chi connectivity index (χ2n) is 9.61. The molecule has 0 radical (unpaired) electrons. The van der Waals surface area contributed by atoms with Crippen LogP contribution in [0.4, 0.5) is 24.9 Å². The summed E-state index contributed by atoms with van der Waals surface area (Å²) in [5.41, 5.74) is 0.186. The van der Waals surface area contributed by atoms with E-state index in [4.69, 9.17) is 0 Å². The van der Waals surface area contributed by atoms with Gasteiger partial charge in [0.15, 0.2) is 5.82 Å². The van der Waals surface area contributed by atoms with Crippen molar-refractivity contribution in [2.24, 2.45) is 7.05 Å². The SMILES string of the molecule is Cn1cc(-c2cc3c(N4CCN(c5ncc([C@](C)(O)c6c(F)cc(F)cc6F)cn5)CC4)ncnn3c2)cn1. The zero-order valence-electron chi connectivity index (χ0n) is 21.1. The van der Waals surface area contributed by atoms with Crippen LogP contribution in [0.25, 0.3) is 16.6 Å². The zero-order valence-corrected chi connectivity index (χ0v) is 21.1. The Bertz CT molecular complexity index is 1630. The van der Waals surface area contributed by atoms with Gasteiger partial charge in [0.25, 0.3) is 0 Å². The van der Waals surface area contributed by atoms with Crippen molar-refractivity contribution in [1.82, 2.24) is 34.3 Å². The Morgan fingerprint density at radius 2 is 1.49 bits per heavy atom. The second-order valence-corrected chi connectivity index (χ2v) is 9.61. The van der Waals surface area contributed by atoms with Gasteiger partial charge in [0, 0.05) is 86.8 Å². The van der Waals surface area contributed by atoms with Crippen molar-refractivity contribution >= 4 is 17.3 Å². The number of fused-ring (bicyclic) bond motifs is 1. The van der Waals surface area contributed by atoms with Crippen molar-refractivity contribution in [3.05, 3.63) is 84.1 Å². The first-order valence-corrected chi connectivity index (χ1v) is 12.2. The lowest BCUT2D eigenvalue weighted by atomic mass is 9.89. The van der Waals surface area contributed by atoms with Crippen LogP contribution in [0.5, 0.6) is 0 Å². The van der Waals surface area contributed by atoms with Crippen molar-refractivity contribution in [3.63, 3.8) is 0 Å². The predicted molar refractivity (Wildman–Crippen MR) is 137 cm³/mol. The molecule has 0 amide bonds. The molecule has 200 valence electrons. The molecule has 4 aromatic heterocycles. The molecule has 0 saturated carbocycles. The molecule has 1 aliphatic rings. The second kappa shape index (κ2) is 9.34. The molecule has 1 fully saturated rings. The molecule has 0 spiro atoms. The van der Waals surface area contributed by atoms with Crippen LogP contribution in [0.3, 0.4) is 0 Å². The van der Waals surface area contributed by atoms with Crippen LogP contribution in [0.1, 0.15) is 18.1 Å². The van der Waals surface area contributed by atoms with Gasteiger partial charge in [-0.25, -0.2) is 32.6 Å². The van der Waals surface area contributed by atoms with Gasteiger partial charge in [0.2, 0.25) is 5.95 Å². The third-order valence-corrected chi connectivity index (χ3v) is 6.98. The number of aliphatic hydroxyl groups is 1. The molecule has 10 nitrogen and oxygen atoms in total. The largest absolute Gasteiger partial charge is 0.380 e. The molecule has 1 saturated heterocycles. The number of hydrogen-bond donors (Lipinski definition) is 1. The fourth-order valence-electron chi connectivity index (χ4n) is 4.89. The minimum atomic E-state index is -2.09. The highest BCUT2D eigenvalue weighted by Gasteiger charge is 2.34. The molecular formula is C26H24F3N9O. The minimum absolute atomic E-state index is 0.0790. The Hall–Kier alpha value is -4.52. The summed E-state index contributed by atoms with van der Waals surface area (Å²) in [6, 6.07) is 3.10. The normalized spacial score (nSPS) is 15.6. The Kier molecular flexibility index (Phi) is 5.94. The minimum Gasteiger partial charge on any atom is -0.380 e. The van der Waals surface area contributed by atoms with E-state index in [0.717, 1.165) is 22.5 Å². The number of benzene rings is 1. The Morgan fingerprint density at radius 1 is 0.821 bits per heavy atom. The van der Waals surface area contributed by atoms with Gasteiger partial charge in [0.1, 0.15) is 34.9 Å². The van der Waals surface area contributed by atoms with Crippen LogP contribution >= 0.6 is 0 Å². The maximum Gasteiger partial charge on any atom is 0.225 e. The first-order chi connectivity index (χ1) is 18.7. The van der Waals surface area contributed by atoms with E-state index >= 15 is 0 Å². The molecule has 13 heteroatoms. The highest BCUT2D eigenvalue weighted by atomic mass is 19.1. The standard InChI is InChI=1S/C26H24F3N9O/c1-26(39,23-20(28)8-19(27)9-21(23)29)18-11-30-25(31-12-18)37-5-3-36(4-6-37)24-22-7-16(14-38(22)34-15-32-24)17-10-33-35(2)13-17/h7-15,39H,3-6H2,1-2H3/t26-/m0/s1. The van der Waals surface area contributed by atoms with E-state index in [2.05, 4.69) is 30.0 Å². The number of rotatable bonds is 5. The molecule has 5 aromatic rings. The van der Waals surface area contributed by atoms with E-state index in [1.165, 1.54) is 25.6 Å². The number of piperazine rings is 1. The topological polar surface area (TPSA) is 100 Å². The summed E-state index contributed by atoms with van der Waals surface area (Å²) in [6.45, 7) is 3.71. The summed E-state index contributed by atoms with van der Waals surface area (Å²) in [7, 11) is 1.87. The van der Waals surface area contributed by atoms with Crippen molar-refractivity contribution in [1.29, 1.82) is 0 Å². The molecule has 39 heavy (non-hydrogen) atoms. The van der Waals surface area contributed by atoms with Gasteiger partial charge in [-0.15, -0.1) is 0 Å². The van der Waals surface area contributed by atoms with Crippen molar-refractivity contribution in [3.8, 4) is 11.1 Å². The summed E-state index contributed by atoms with van der Waals surface area (Å²) in [6.07, 6.45) is 9.87. The van der Waals surface area contributed by atoms with Crippen LogP contribution in [0.2, 0.25) is 0 Å². The fraction of sp³-hybridized carbons (Fsp3) is 0.269. The maximum absolute atomic E-state index is 14.3. The molecule has 0 unspecified atom stereocenters. The van der Waals surface area contributed by atoms with Gasteiger partial charge < -0.3 is 14.9 Å². The first-order valence-electron chi connectivity index (χ1n) is 12.2. The lowest BCUT2D eigenvalue weighted by Gasteiger charge is -2.35. The summed E-state index contributed by atoms with van der Waals surface area (Å²) >= 11 is 0. The molecular weight excluding hydrogens is 511 g/mol. The van der Waals surface area contributed by atoms with Crippen LogP contribution in [-0.4, -0.2) is 65.6 Å². The van der Waals surface area contributed by atoms with E-state index in [9.17, 15) is 18.3 Å². The van der Waals surface area contributed by atoms with Gasteiger partial charge >= 0.3 is 0 Å². The Labute approximate surface area is 221 Å². The lowest BCUT2D eigenvalue weighted by Crippen LogP contribution is -2.47. The van der Waals surface area contributed by atoms with Gasteiger partial charge in [-0.2, -0.15) is 10.2 Å². The van der Waals surface area contributed by atoms with Gasteiger partial charge in [-0.05, 0) is 13.0 Å². The summed E-state index contributed by atoms with van der Waals surface area (Å²) in [5.74, 6) is -2.21. The Balaban J connectivity index is 1.18. The van der Waals surface area contributed by atoms with E-state index in [1.54, 1.807) is 15.4 Å². The Morgan fingerprint density at radius 3 is 2.13 bits per heavy atom. The van der Waals surface area contributed by atoms with Crippen LogP contribution in [0.15, 0.2) is 55.5 Å². The smallest absolute Gasteiger partial charge is 0.225 e. The van der Waals surface area contributed by atoms with Gasteiger partial charge in [-0.1, -0.05) is 0 Å². The molecule has 0 aliphatic carbocycles. The van der Waals surface area contributed by atoms with Crippen LogP contribution in [-0.2, 0) is 12.6 Å². The van der Waals surface area contributed by atoms with Crippen molar-refractivity contribution in [2.45, 2.75) is 12.5 Å². The molecule has 1 aliphatic heterocycles. The van der Waals surface area contributed by atoms with E-state index in [0.29, 0.717) is 44.3 Å². The number of halogens is 3. The highest BCUT2D eigenvalue weighted by Crippen LogP contribution is 2.33. The molecule has 6 rings (SSSR count). The third kappa shape index (κ3) is 4.44. The number of hydrogen-bond acceptors (Lipinski definition) is 8. The van der Waals surface area contributed by atoms with Crippen LogP contribution in [0, 0.1) is 17.5 Å². The average Bonchev–Trinajstić information content (AvgIpc) is 3.54. The molecule has 1 N–H and O–H groups in total. The number of nitrogens with zero attached hydrogens (tertiary/aromatic N) is 9. The quantitative estimate of drug-likeness (QED) is 0.367. The van der Waals surface area contributed by atoms with Crippen molar-refractivity contribution < 1.29 is 18.3 Å². The zero-order chi connectivity index (χ0) is 27.3. The monoisotopic (exact) mass is 535 g/mol. The van der Waals surface area contributed by atoms with E-state index in [1.807, 2.05) is 30.4 Å². The summed E-state index contributed by atoms with van der Waals surface area (Å²) in [4.78, 5) is 17.4. The fourth-order valence-corrected chi connectivity index (χ4v) is 4.89.